The first-order valence-electron chi connectivity index (χ1n) is 7.17. The van der Waals surface area contributed by atoms with Crippen LogP contribution in [0.1, 0.15) is 20.9 Å². The Hall–Kier alpha value is -2.17. The van der Waals surface area contributed by atoms with Crippen LogP contribution in [0.2, 0.25) is 5.02 Å². The van der Waals surface area contributed by atoms with E-state index in [-0.39, 0.29) is 5.91 Å². The summed E-state index contributed by atoms with van der Waals surface area (Å²) in [6, 6.07) is 14.9. The molecule has 3 rings (SSSR count). The van der Waals surface area contributed by atoms with Gasteiger partial charge in [0.25, 0.3) is 5.91 Å². The van der Waals surface area contributed by atoms with Crippen molar-refractivity contribution in [3.8, 4) is 11.3 Å². The van der Waals surface area contributed by atoms with Gasteiger partial charge in [0.15, 0.2) is 0 Å². The second-order valence-corrected chi connectivity index (χ2v) is 6.64. The molecule has 5 heteroatoms. The van der Waals surface area contributed by atoms with Gasteiger partial charge < -0.3 is 5.32 Å². The van der Waals surface area contributed by atoms with Gasteiger partial charge in [0, 0.05) is 28.1 Å². The smallest absolute Gasteiger partial charge is 0.251 e. The van der Waals surface area contributed by atoms with E-state index in [9.17, 15) is 4.79 Å². The molecule has 1 heterocycles. The van der Waals surface area contributed by atoms with Crippen molar-refractivity contribution in [1.29, 1.82) is 0 Å². The Morgan fingerprint density at radius 2 is 1.83 bits per heavy atom. The Labute approximate surface area is 144 Å². The Balaban J connectivity index is 1.62. The van der Waals surface area contributed by atoms with Gasteiger partial charge in [-0.15, -0.1) is 11.3 Å². The first kappa shape index (κ1) is 15.7. The topological polar surface area (TPSA) is 42.0 Å². The lowest BCUT2D eigenvalue weighted by atomic mass is 10.1. The van der Waals surface area contributed by atoms with Gasteiger partial charge >= 0.3 is 0 Å². The number of benzene rings is 2. The van der Waals surface area contributed by atoms with E-state index in [1.165, 1.54) is 0 Å². The van der Waals surface area contributed by atoms with Gasteiger partial charge in [-0.1, -0.05) is 35.9 Å². The van der Waals surface area contributed by atoms with Crippen molar-refractivity contribution in [3.63, 3.8) is 0 Å². The Kier molecular flexibility index (Phi) is 4.74. The van der Waals surface area contributed by atoms with Crippen molar-refractivity contribution in [2.75, 3.05) is 0 Å². The van der Waals surface area contributed by atoms with Crippen LogP contribution in [0.15, 0.2) is 53.9 Å². The van der Waals surface area contributed by atoms with E-state index in [1.54, 1.807) is 35.6 Å². The van der Waals surface area contributed by atoms with Crippen molar-refractivity contribution >= 4 is 28.8 Å². The van der Waals surface area contributed by atoms with Crippen LogP contribution in [0.4, 0.5) is 0 Å². The molecule has 3 aromatic rings. The summed E-state index contributed by atoms with van der Waals surface area (Å²) in [5.41, 5.74) is 3.72. The maximum Gasteiger partial charge on any atom is 0.251 e. The second-order valence-electron chi connectivity index (χ2n) is 5.14. The second kappa shape index (κ2) is 6.94. The molecule has 0 aliphatic carbocycles. The monoisotopic (exact) mass is 342 g/mol. The van der Waals surface area contributed by atoms with Gasteiger partial charge in [-0.05, 0) is 36.8 Å². The minimum absolute atomic E-state index is 0.110. The van der Waals surface area contributed by atoms with Crippen molar-refractivity contribution in [1.82, 2.24) is 10.3 Å². The number of rotatable bonds is 4. The summed E-state index contributed by atoms with van der Waals surface area (Å²) in [7, 11) is 0. The van der Waals surface area contributed by atoms with Crippen molar-refractivity contribution < 1.29 is 4.79 Å². The highest BCUT2D eigenvalue weighted by Gasteiger charge is 2.06. The van der Waals surface area contributed by atoms with E-state index < -0.39 is 0 Å². The number of aromatic nitrogens is 1. The predicted molar refractivity (Wildman–Crippen MR) is 94.9 cm³/mol. The molecule has 1 aromatic heterocycles. The van der Waals surface area contributed by atoms with Crippen molar-refractivity contribution in [3.05, 3.63) is 75.1 Å². The zero-order valence-electron chi connectivity index (χ0n) is 12.5. The fourth-order valence-corrected chi connectivity index (χ4v) is 2.92. The molecule has 0 saturated carbocycles. The highest BCUT2D eigenvalue weighted by atomic mass is 35.5. The molecule has 0 aliphatic rings. The van der Waals surface area contributed by atoms with E-state index in [4.69, 9.17) is 11.6 Å². The molecule has 0 fully saturated rings. The van der Waals surface area contributed by atoms with Crippen LogP contribution in [0.5, 0.6) is 0 Å². The Morgan fingerprint density at radius 3 is 2.43 bits per heavy atom. The van der Waals surface area contributed by atoms with Crippen LogP contribution in [0.25, 0.3) is 11.3 Å². The molecule has 3 nitrogen and oxygen atoms in total. The fraction of sp³-hybridized carbons (Fsp3) is 0.111. The maximum atomic E-state index is 12.1. The van der Waals surface area contributed by atoms with Crippen molar-refractivity contribution in [2.24, 2.45) is 0 Å². The molecule has 0 unspecified atom stereocenters. The standard InChI is InChI=1S/C18H15ClN2OS/c1-12-21-17(11-23-12)14-4-2-13(3-5-14)10-20-18(22)15-6-8-16(19)9-7-15/h2-9,11H,10H2,1H3,(H,20,22). The molecule has 23 heavy (non-hydrogen) atoms. The third kappa shape index (κ3) is 3.97. The summed E-state index contributed by atoms with van der Waals surface area (Å²) in [6.07, 6.45) is 0. The van der Waals surface area contributed by atoms with E-state index in [0.29, 0.717) is 17.1 Å². The van der Waals surface area contributed by atoms with E-state index in [2.05, 4.69) is 10.3 Å². The first-order valence-corrected chi connectivity index (χ1v) is 8.43. The number of carbonyl (C=O) groups excluding carboxylic acids is 1. The Morgan fingerprint density at radius 1 is 1.13 bits per heavy atom. The van der Waals surface area contributed by atoms with Crippen LogP contribution < -0.4 is 5.32 Å². The number of halogens is 1. The molecule has 0 atom stereocenters. The quantitative estimate of drug-likeness (QED) is 0.746. The number of nitrogens with one attached hydrogen (secondary N) is 1. The number of hydrogen-bond donors (Lipinski definition) is 1. The summed E-state index contributed by atoms with van der Waals surface area (Å²) in [5.74, 6) is -0.110. The largest absolute Gasteiger partial charge is 0.348 e. The van der Waals surface area contributed by atoms with Crippen LogP contribution in [0.3, 0.4) is 0 Å². The van der Waals surface area contributed by atoms with Crippen LogP contribution in [-0.2, 0) is 6.54 Å². The van der Waals surface area contributed by atoms with E-state index >= 15 is 0 Å². The van der Waals surface area contributed by atoms with Gasteiger partial charge in [-0.25, -0.2) is 4.98 Å². The Bertz CT molecular complexity index is 810. The van der Waals surface area contributed by atoms with E-state index in [0.717, 1.165) is 21.8 Å². The lowest BCUT2D eigenvalue weighted by Gasteiger charge is -2.06. The summed E-state index contributed by atoms with van der Waals surface area (Å²) in [5, 5.41) is 6.63. The van der Waals surface area contributed by atoms with Gasteiger partial charge in [-0.3, -0.25) is 4.79 Å². The van der Waals surface area contributed by atoms with Crippen LogP contribution in [-0.4, -0.2) is 10.9 Å². The highest BCUT2D eigenvalue weighted by molar-refractivity contribution is 7.09. The number of hydrogen-bond acceptors (Lipinski definition) is 3. The molecule has 0 radical (unpaired) electrons. The lowest BCUT2D eigenvalue weighted by Crippen LogP contribution is -2.22. The minimum Gasteiger partial charge on any atom is -0.348 e. The average molecular weight is 343 g/mol. The lowest BCUT2D eigenvalue weighted by molar-refractivity contribution is 0.0951. The summed E-state index contributed by atoms with van der Waals surface area (Å²) >= 11 is 7.46. The zero-order chi connectivity index (χ0) is 16.2. The molecule has 116 valence electrons. The SMILES string of the molecule is Cc1nc(-c2ccc(CNC(=O)c3ccc(Cl)cc3)cc2)cs1. The number of amides is 1. The van der Waals surface area contributed by atoms with Gasteiger partial charge in [0.2, 0.25) is 0 Å². The van der Waals surface area contributed by atoms with E-state index in [1.807, 2.05) is 36.6 Å². The highest BCUT2D eigenvalue weighted by Crippen LogP contribution is 2.21. The fourth-order valence-electron chi connectivity index (χ4n) is 2.18. The molecule has 0 spiro atoms. The van der Waals surface area contributed by atoms with Gasteiger partial charge in [-0.2, -0.15) is 0 Å². The van der Waals surface area contributed by atoms with Gasteiger partial charge in [0.1, 0.15) is 0 Å². The molecule has 0 bridgehead atoms. The molecule has 2 aromatic carbocycles. The summed E-state index contributed by atoms with van der Waals surface area (Å²) in [6.45, 7) is 2.48. The summed E-state index contributed by atoms with van der Waals surface area (Å²) in [4.78, 5) is 16.5. The number of aryl methyl sites for hydroxylation is 1. The van der Waals surface area contributed by atoms with Crippen LogP contribution in [0, 0.1) is 6.92 Å². The minimum atomic E-state index is -0.110. The molecule has 0 aliphatic heterocycles. The maximum absolute atomic E-state index is 12.1. The number of carbonyl (C=O) groups is 1. The average Bonchev–Trinajstić information content (AvgIpc) is 3.00. The molecular weight excluding hydrogens is 328 g/mol. The molecular formula is C18H15ClN2OS. The van der Waals surface area contributed by atoms with Gasteiger partial charge in [0.05, 0.1) is 10.7 Å². The van der Waals surface area contributed by atoms with Crippen LogP contribution >= 0.6 is 22.9 Å². The molecule has 0 saturated heterocycles. The summed E-state index contributed by atoms with van der Waals surface area (Å²) < 4.78 is 0. The third-order valence-corrected chi connectivity index (χ3v) is 4.45. The first-order chi connectivity index (χ1) is 11.1. The van der Waals surface area contributed by atoms with Crippen molar-refractivity contribution in [2.45, 2.75) is 13.5 Å². The zero-order valence-corrected chi connectivity index (χ0v) is 14.1. The molecule has 1 N–H and O–H groups in total. The predicted octanol–water partition coefficient (Wildman–Crippen LogP) is 4.70. The number of nitrogens with zero attached hydrogens (tertiary/aromatic N) is 1. The molecule has 1 amide bonds. The third-order valence-electron chi connectivity index (χ3n) is 3.43. The number of thiazole rings is 1. The normalized spacial score (nSPS) is 10.5.